The number of aliphatic imine (C=N–C) groups is 1. The van der Waals surface area contributed by atoms with Gasteiger partial charge in [0.25, 0.3) is 0 Å². The van der Waals surface area contributed by atoms with E-state index in [2.05, 4.69) is 31.0 Å². The highest BCUT2D eigenvalue weighted by molar-refractivity contribution is 9.10. The van der Waals surface area contributed by atoms with Gasteiger partial charge in [0, 0.05) is 6.42 Å². The summed E-state index contributed by atoms with van der Waals surface area (Å²) in [6.07, 6.45) is 1.48. The lowest BCUT2D eigenvalue weighted by Gasteiger charge is -2.25. The highest BCUT2D eigenvalue weighted by atomic mass is 79.9. The van der Waals surface area contributed by atoms with E-state index in [1.54, 1.807) is 17.9 Å². The number of carboxylic acid groups (broad SMARTS) is 1. The number of ether oxygens (including phenoxy) is 2. The van der Waals surface area contributed by atoms with Gasteiger partial charge in [-0.1, -0.05) is 0 Å². The summed E-state index contributed by atoms with van der Waals surface area (Å²) >= 11 is 3.47. The van der Waals surface area contributed by atoms with Crippen molar-refractivity contribution in [1.82, 2.24) is 14.8 Å². The highest BCUT2D eigenvalue weighted by Crippen LogP contribution is 2.40. The monoisotopic (exact) mass is 393 g/mol. The summed E-state index contributed by atoms with van der Waals surface area (Å²) in [6.45, 7) is 2.37. The Kier molecular flexibility index (Phi) is 4.52. The number of carbonyl (C=O) groups is 1. The Hall–Kier alpha value is -2.42. The molecule has 0 amide bonds. The van der Waals surface area contributed by atoms with Crippen molar-refractivity contribution in [3.05, 3.63) is 28.5 Å². The van der Waals surface area contributed by atoms with Gasteiger partial charge < -0.3 is 19.4 Å². The topological polar surface area (TPSA) is 102 Å². The molecule has 0 spiro atoms. The van der Waals surface area contributed by atoms with Crippen molar-refractivity contribution in [3.8, 4) is 11.5 Å². The lowest BCUT2D eigenvalue weighted by atomic mass is 9.99. The molecule has 1 unspecified atom stereocenters. The third-order valence-corrected chi connectivity index (χ3v) is 4.22. The van der Waals surface area contributed by atoms with Crippen LogP contribution in [0.5, 0.6) is 11.5 Å². The van der Waals surface area contributed by atoms with E-state index in [1.807, 2.05) is 13.0 Å². The van der Waals surface area contributed by atoms with Crippen LogP contribution in [-0.4, -0.2) is 40.2 Å². The van der Waals surface area contributed by atoms with Crippen LogP contribution in [0.3, 0.4) is 0 Å². The molecule has 0 fully saturated rings. The molecule has 24 heavy (non-hydrogen) atoms. The molecule has 1 aromatic heterocycles. The van der Waals surface area contributed by atoms with Crippen LogP contribution in [0.25, 0.3) is 0 Å². The molecule has 1 aliphatic rings. The number of hydrogen-bond acceptors (Lipinski definition) is 7. The fraction of sp³-hybridized carbons (Fsp3) is 0.333. The first-order valence-electron chi connectivity index (χ1n) is 7.23. The van der Waals surface area contributed by atoms with Crippen LogP contribution in [0.4, 0.5) is 5.95 Å². The Balaban J connectivity index is 2.08. The average molecular weight is 394 g/mol. The number of benzene rings is 1. The van der Waals surface area contributed by atoms with E-state index >= 15 is 0 Å². The van der Waals surface area contributed by atoms with E-state index < -0.39 is 5.97 Å². The molecule has 0 saturated heterocycles. The molecule has 0 radical (unpaired) electrons. The summed E-state index contributed by atoms with van der Waals surface area (Å²) < 4.78 is 13.3. The van der Waals surface area contributed by atoms with Crippen LogP contribution >= 0.6 is 15.9 Å². The molecule has 3 rings (SSSR count). The van der Waals surface area contributed by atoms with Gasteiger partial charge in [-0.05, 0) is 40.5 Å². The first-order chi connectivity index (χ1) is 11.5. The number of rotatable bonds is 5. The normalized spacial score (nSPS) is 16.3. The number of carbonyl (C=O) groups excluding carboxylic acids is 1. The van der Waals surface area contributed by atoms with Gasteiger partial charge in [0.2, 0.25) is 5.95 Å². The molecule has 1 aromatic carbocycles. The number of hydrogen-bond donors (Lipinski definition) is 0. The Labute approximate surface area is 146 Å². The molecule has 2 aromatic rings. The second-order valence-corrected chi connectivity index (χ2v) is 5.89. The molecular formula is C15H14BrN4O4-. The number of halogens is 1. The third-order valence-electron chi connectivity index (χ3n) is 3.63. The van der Waals surface area contributed by atoms with Crippen LogP contribution < -0.4 is 14.6 Å². The van der Waals surface area contributed by atoms with Crippen molar-refractivity contribution >= 4 is 33.6 Å². The fourth-order valence-corrected chi connectivity index (χ4v) is 3.16. The van der Waals surface area contributed by atoms with Crippen molar-refractivity contribution < 1.29 is 19.4 Å². The van der Waals surface area contributed by atoms with Gasteiger partial charge in [0.1, 0.15) is 6.33 Å². The first-order valence-corrected chi connectivity index (χ1v) is 8.03. The summed E-state index contributed by atoms with van der Waals surface area (Å²) in [5.41, 5.74) is 0.729. The van der Waals surface area contributed by atoms with Crippen LogP contribution in [0.15, 0.2) is 27.9 Å². The lowest BCUT2D eigenvalue weighted by molar-refractivity contribution is -0.294. The molecule has 0 N–H and O–H groups in total. The number of aliphatic carboxylic acids is 1. The molecule has 2 heterocycles. The lowest BCUT2D eigenvalue weighted by Crippen LogP contribution is -2.35. The van der Waals surface area contributed by atoms with Crippen LogP contribution in [0.2, 0.25) is 0 Å². The smallest absolute Gasteiger partial charge is 0.248 e. The Morgan fingerprint density at radius 2 is 2.29 bits per heavy atom. The van der Waals surface area contributed by atoms with Gasteiger partial charge in [0.15, 0.2) is 11.5 Å². The molecule has 8 nitrogen and oxygen atoms in total. The molecule has 1 aliphatic heterocycles. The Morgan fingerprint density at radius 3 is 2.96 bits per heavy atom. The molecular weight excluding hydrogens is 380 g/mol. The van der Waals surface area contributed by atoms with E-state index in [9.17, 15) is 9.90 Å². The van der Waals surface area contributed by atoms with Crippen LogP contribution in [0, 0.1) is 0 Å². The second-order valence-electron chi connectivity index (χ2n) is 5.04. The number of fused-ring (bicyclic) bond motifs is 1. The molecule has 0 aliphatic carbocycles. The van der Waals surface area contributed by atoms with Crippen molar-refractivity contribution in [2.75, 3.05) is 13.7 Å². The Bertz CT molecular complexity index is 818. The summed E-state index contributed by atoms with van der Waals surface area (Å²) in [5.74, 6) is 0.0493. The molecule has 0 saturated carbocycles. The predicted octanol–water partition coefficient (Wildman–Crippen LogP) is 1.26. The highest BCUT2D eigenvalue weighted by Gasteiger charge is 2.27. The number of aromatic nitrogens is 3. The molecule has 9 heteroatoms. The second kappa shape index (κ2) is 6.60. The maximum absolute atomic E-state index is 11.2. The zero-order valence-electron chi connectivity index (χ0n) is 13.0. The summed E-state index contributed by atoms with van der Waals surface area (Å²) in [7, 11) is 1.55. The largest absolute Gasteiger partial charge is 0.543 e. The number of carboxylic acids is 1. The van der Waals surface area contributed by atoms with Gasteiger partial charge in [0.05, 0.1) is 35.9 Å². The van der Waals surface area contributed by atoms with Gasteiger partial charge in [-0.15, -0.1) is 0 Å². The van der Waals surface area contributed by atoms with Gasteiger partial charge in [-0.2, -0.15) is 10.1 Å². The average Bonchev–Trinajstić information content (AvgIpc) is 3.04. The van der Waals surface area contributed by atoms with E-state index in [1.165, 1.54) is 6.33 Å². The van der Waals surface area contributed by atoms with E-state index in [0.717, 1.165) is 5.56 Å². The van der Waals surface area contributed by atoms with E-state index in [0.29, 0.717) is 22.6 Å². The quantitative estimate of drug-likeness (QED) is 0.757. The van der Waals surface area contributed by atoms with Gasteiger partial charge in [-0.25, -0.2) is 9.67 Å². The zero-order valence-corrected chi connectivity index (χ0v) is 14.6. The van der Waals surface area contributed by atoms with Crippen LogP contribution in [-0.2, 0) is 4.79 Å². The SMILES string of the molecule is CCOc1c(Br)cc(C2CC(C(=O)[O-])=Nc3ncnn32)cc1OC. The summed E-state index contributed by atoms with van der Waals surface area (Å²) in [6, 6.07) is 3.26. The molecule has 126 valence electrons. The van der Waals surface area contributed by atoms with Gasteiger partial charge in [-0.3, -0.25) is 0 Å². The van der Waals surface area contributed by atoms with Crippen molar-refractivity contribution in [3.63, 3.8) is 0 Å². The first kappa shape index (κ1) is 16.4. The minimum absolute atomic E-state index is 0.0653. The molecule has 0 bridgehead atoms. The number of nitrogens with zero attached hydrogens (tertiary/aromatic N) is 4. The minimum atomic E-state index is -1.31. The van der Waals surface area contributed by atoms with Crippen molar-refractivity contribution in [2.45, 2.75) is 19.4 Å². The van der Waals surface area contributed by atoms with E-state index in [4.69, 9.17) is 9.47 Å². The fourth-order valence-electron chi connectivity index (χ4n) is 2.58. The maximum Gasteiger partial charge on any atom is 0.248 e. The van der Waals surface area contributed by atoms with Crippen LogP contribution in [0.1, 0.15) is 24.9 Å². The van der Waals surface area contributed by atoms with Crippen molar-refractivity contribution in [1.29, 1.82) is 0 Å². The minimum Gasteiger partial charge on any atom is -0.543 e. The Morgan fingerprint density at radius 1 is 1.50 bits per heavy atom. The summed E-state index contributed by atoms with van der Waals surface area (Å²) in [5, 5.41) is 15.4. The summed E-state index contributed by atoms with van der Waals surface area (Å²) in [4.78, 5) is 19.2. The standard InChI is InChI=1S/C15H15BrN4O4/c1-3-24-13-9(16)4-8(5-12(13)23-2)11-6-10(14(21)22)19-15-17-7-18-20(11)15/h4-5,7,11H,3,6H2,1-2H3,(H,21,22)/p-1. The zero-order chi connectivity index (χ0) is 17.3. The predicted molar refractivity (Wildman–Crippen MR) is 86.7 cm³/mol. The molecule has 1 atom stereocenters. The third kappa shape index (κ3) is 2.86. The van der Waals surface area contributed by atoms with E-state index in [-0.39, 0.29) is 24.1 Å². The van der Waals surface area contributed by atoms with Crippen molar-refractivity contribution in [2.24, 2.45) is 4.99 Å². The van der Waals surface area contributed by atoms with Gasteiger partial charge >= 0.3 is 0 Å². The maximum atomic E-state index is 11.2. The number of methoxy groups -OCH3 is 1.